The van der Waals surface area contributed by atoms with Gasteiger partial charge in [0.2, 0.25) is 0 Å². The van der Waals surface area contributed by atoms with E-state index >= 15 is 0 Å². The SMILES string of the molecule is C[C@H](O)c1ccc(N2CCCc3ccccc32)cc1. The van der Waals surface area contributed by atoms with Crippen molar-refractivity contribution in [1.82, 2.24) is 0 Å². The minimum absolute atomic E-state index is 0.400. The van der Waals surface area contributed by atoms with Crippen molar-refractivity contribution in [3.63, 3.8) is 0 Å². The lowest BCUT2D eigenvalue weighted by Gasteiger charge is -2.31. The molecule has 98 valence electrons. The van der Waals surface area contributed by atoms with Gasteiger partial charge in [-0.1, -0.05) is 30.3 Å². The molecule has 2 aromatic carbocycles. The van der Waals surface area contributed by atoms with Gasteiger partial charge in [0.15, 0.2) is 0 Å². The van der Waals surface area contributed by atoms with Crippen molar-refractivity contribution in [2.45, 2.75) is 25.9 Å². The molecular weight excluding hydrogens is 234 g/mol. The summed E-state index contributed by atoms with van der Waals surface area (Å²) in [4.78, 5) is 2.37. The van der Waals surface area contributed by atoms with E-state index in [2.05, 4.69) is 41.3 Å². The zero-order valence-electron chi connectivity index (χ0n) is 11.2. The monoisotopic (exact) mass is 253 g/mol. The van der Waals surface area contributed by atoms with Gasteiger partial charge in [0, 0.05) is 17.9 Å². The first-order valence-corrected chi connectivity index (χ1v) is 6.89. The summed E-state index contributed by atoms with van der Waals surface area (Å²) < 4.78 is 0. The fourth-order valence-electron chi connectivity index (χ4n) is 2.73. The van der Waals surface area contributed by atoms with Crippen LogP contribution < -0.4 is 4.90 Å². The first-order chi connectivity index (χ1) is 9.25. The molecule has 0 aromatic heterocycles. The third-order valence-corrected chi connectivity index (χ3v) is 3.80. The summed E-state index contributed by atoms with van der Waals surface area (Å²) in [7, 11) is 0. The van der Waals surface area contributed by atoms with Crippen LogP contribution in [0.1, 0.15) is 30.6 Å². The van der Waals surface area contributed by atoms with Crippen molar-refractivity contribution in [2.24, 2.45) is 0 Å². The maximum Gasteiger partial charge on any atom is 0.0761 e. The molecule has 0 aliphatic carbocycles. The second kappa shape index (κ2) is 5.06. The van der Waals surface area contributed by atoms with Crippen molar-refractivity contribution < 1.29 is 5.11 Å². The van der Waals surface area contributed by atoms with Crippen molar-refractivity contribution in [1.29, 1.82) is 0 Å². The summed E-state index contributed by atoms with van der Waals surface area (Å²) in [5, 5.41) is 9.57. The van der Waals surface area contributed by atoms with Crippen molar-refractivity contribution in [2.75, 3.05) is 11.4 Å². The smallest absolute Gasteiger partial charge is 0.0761 e. The summed E-state index contributed by atoms with van der Waals surface area (Å²) in [5.74, 6) is 0. The third-order valence-electron chi connectivity index (χ3n) is 3.80. The maximum atomic E-state index is 9.57. The molecule has 19 heavy (non-hydrogen) atoms. The van der Waals surface area contributed by atoms with Gasteiger partial charge in [-0.15, -0.1) is 0 Å². The van der Waals surface area contributed by atoms with E-state index in [0.29, 0.717) is 0 Å². The minimum Gasteiger partial charge on any atom is -0.389 e. The second-order valence-corrected chi connectivity index (χ2v) is 5.15. The number of benzene rings is 2. The van der Waals surface area contributed by atoms with E-state index < -0.39 is 6.10 Å². The van der Waals surface area contributed by atoms with E-state index in [1.165, 1.54) is 29.8 Å². The lowest BCUT2D eigenvalue weighted by atomic mass is 10.0. The molecule has 1 N–H and O–H groups in total. The van der Waals surface area contributed by atoms with Gasteiger partial charge in [-0.25, -0.2) is 0 Å². The van der Waals surface area contributed by atoms with Crippen LogP contribution in [0, 0.1) is 0 Å². The summed E-state index contributed by atoms with van der Waals surface area (Å²) in [5.41, 5.74) is 4.91. The number of para-hydroxylation sites is 1. The molecule has 1 atom stereocenters. The van der Waals surface area contributed by atoms with Gasteiger partial charge in [0.05, 0.1) is 6.10 Å². The number of aliphatic hydroxyl groups is 1. The minimum atomic E-state index is -0.400. The van der Waals surface area contributed by atoms with E-state index in [9.17, 15) is 5.11 Å². The quantitative estimate of drug-likeness (QED) is 0.879. The van der Waals surface area contributed by atoms with Crippen molar-refractivity contribution >= 4 is 11.4 Å². The Morgan fingerprint density at radius 2 is 1.79 bits per heavy atom. The molecule has 3 rings (SSSR count). The number of hydrogen-bond acceptors (Lipinski definition) is 2. The third kappa shape index (κ3) is 2.36. The molecule has 1 aliphatic heterocycles. The average molecular weight is 253 g/mol. The van der Waals surface area contributed by atoms with Crippen LogP contribution in [0.3, 0.4) is 0 Å². The van der Waals surface area contributed by atoms with Crippen LogP contribution in [0.15, 0.2) is 48.5 Å². The Labute approximate surface area is 114 Å². The molecule has 1 heterocycles. The van der Waals surface area contributed by atoms with Gasteiger partial charge < -0.3 is 10.0 Å². The molecule has 0 radical (unpaired) electrons. The molecule has 0 bridgehead atoms. The van der Waals surface area contributed by atoms with E-state index in [0.717, 1.165) is 12.1 Å². The number of aliphatic hydroxyl groups excluding tert-OH is 1. The van der Waals surface area contributed by atoms with Crippen molar-refractivity contribution in [3.8, 4) is 0 Å². The van der Waals surface area contributed by atoms with Gasteiger partial charge in [0.25, 0.3) is 0 Å². The standard InChI is InChI=1S/C17H19NO/c1-13(19)14-8-10-16(11-9-14)18-12-4-6-15-5-2-3-7-17(15)18/h2-3,5,7-11,13,19H,4,6,12H2,1H3/t13-/m0/s1. The van der Waals surface area contributed by atoms with Crippen LogP contribution in [0.4, 0.5) is 11.4 Å². The molecular formula is C17H19NO. The maximum absolute atomic E-state index is 9.57. The fourth-order valence-corrected chi connectivity index (χ4v) is 2.73. The molecule has 0 saturated heterocycles. The number of anilines is 2. The lowest BCUT2D eigenvalue weighted by molar-refractivity contribution is 0.199. The number of aryl methyl sites for hydroxylation is 1. The molecule has 0 spiro atoms. The number of nitrogens with zero attached hydrogens (tertiary/aromatic N) is 1. The van der Waals surface area contributed by atoms with Gasteiger partial charge in [-0.05, 0) is 49.1 Å². The predicted molar refractivity (Wildman–Crippen MR) is 78.8 cm³/mol. The Bertz CT molecular complexity index is 560. The second-order valence-electron chi connectivity index (χ2n) is 5.15. The molecule has 0 unspecified atom stereocenters. The molecule has 2 heteroatoms. The molecule has 0 amide bonds. The Balaban J connectivity index is 1.95. The van der Waals surface area contributed by atoms with Gasteiger partial charge >= 0.3 is 0 Å². The summed E-state index contributed by atoms with van der Waals surface area (Å²) in [6.45, 7) is 2.86. The van der Waals surface area contributed by atoms with Crippen LogP contribution in [0.25, 0.3) is 0 Å². The van der Waals surface area contributed by atoms with Crippen LogP contribution in [0.5, 0.6) is 0 Å². The Morgan fingerprint density at radius 3 is 2.53 bits per heavy atom. The molecule has 0 fully saturated rings. The number of rotatable bonds is 2. The number of fused-ring (bicyclic) bond motifs is 1. The predicted octanol–water partition coefficient (Wildman–Crippen LogP) is 3.82. The first-order valence-electron chi connectivity index (χ1n) is 6.89. The van der Waals surface area contributed by atoms with Gasteiger partial charge in [0.1, 0.15) is 0 Å². The zero-order chi connectivity index (χ0) is 13.2. The summed E-state index contributed by atoms with van der Waals surface area (Å²) >= 11 is 0. The fraction of sp³-hybridized carbons (Fsp3) is 0.294. The normalized spacial score (nSPS) is 16.0. The molecule has 2 aromatic rings. The molecule has 0 saturated carbocycles. The van der Waals surface area contributed by atoms with E-state index in [1.807, 2.05) is 12.1 Å². The topological polar surface area (TPSA) is 23.5 Å². The summed E-state index contributed by atoms with van der Waals surface area (Å²) in [6, 6.07) is 16.8. The van der Waals surface area contributed by atoms with Gasteiger partial charge in [-0.3, -0.25) is 0 Å². The van der Waals surface area contributed by atoms with E-state index in [1.54, 1.807) is 6.92 Å². The average Bonchev–Trinajstić information content (AvgIpc) is 2.47. The highest BCUT2D eigenvalue weighted by Gasteiger charge is 2.17. The summed E-state index contributed by atoms with van der Waals surface area (Å²) in [6.07, 6.45) is 1.95. The number of hydrogen-bond donors (Lipinski definition) is 1. The highest BCUT2D eigenvalue weighted by atomic mass is 16.3. The van der Waals surface area contributed by atoms with E-state index in [4.69, 9.17) is 0 Å². The van der Waals surface area contributed by atoms with Crippen LogP contribution in [-0.4, -0.2) is 11.7 Å². The Hall–Kier alpha value is -1.80. The van der Waals surface area contributed by atoms with Crippen LogP contribution >= 0.6 is 0 Å². The van der Waals surface area contributed by atoms with Crippen LogP contribution in [0.2, 0.25) is 0 Å². The van der Waals surface area contributed by atoms with Gasteiger partial charge in [-0.2, -0.15) is 0 Å². The van der Waals surface area contributed by atoms with E-state index in [-0.39, 0.29) is 0 Å². The molecule has 1 aliphatic rings. The largest absolute Gasteiger partial charge is 0.389 e. The lowest BCUT2D eigenvalue weighted by Crippen LogP contribution is -2.24. The molecule has 2 nitrogen and oxygen atoms in total. The van der Waals surface area contributed by atoms with Crippen molar-refractivity contribution in [3.05, 3.63) is 59.7 Å². The highest BCUT2D eigenvalue weighted by molar-refractivity contribution is 5.67. The zero-order valence-corrected chi connectivity index (χ0v) is 11.2. The van der Waals surface area contributed by atoms with Crippen LogP contribution in [-0.2, 0) is 6.42 Å². The Morgan fingerprint density at radius 1 is 1.05 bits per heavy atom. The highest BCUT2D eigenvalue weighted by Crippen LogP contribution is 2.33. The Kier molecular flexibility index (Phi) is 3.26. The first kappa shape index (κ1) is 12.2.